The van der Waals surface area contributed by atoms with E-state index in [2.05, 4.69) is 27.8 Å². The molecule has 1 aliphatic rings. The number of amides is 3. The first kappa shape index (κ1) is 18.5. The van der Waals surface area contributed by atoms with Crippen molar-refractivity contribution in [2.75, 3.05) is 5.75 Å². The molecule has 140 valence electrons. The van der Waals surface area contributed by atoms with Gasteiger partial charge >= 0.3 is 6.03 Å². The van der Waals surface area contributed by atoms with Gasteiger partial charge in [-0.15, -0.1) is 10.2 Å². The maximum atomic E-state index is 12.0. The van der Waals surface area contributed by atoms with Crippen LogP contribution in [-0.2, 0) is 11.8 Å². The lowest BCUT2D eigenvalue weighted by molar-refractivity contribution is -0.117. The van der Waals surface area contributed by atoms with Gasteiger partial charge in [0.2, 0.25) is 5.91 Å². The lowest BCUT2D eigenvalue weighted by Gasteiger charge is -2.29. The van der Waals surface area contributed by atoms with Crippen molar-refractivity contribution in [2.24, 2.45) is 13.0 Å². The molecule has 0 radical (unpaired) electrons. The molecule has 2 aromatic heterocycles. The van der Waals surface area contributed by atoms with Gasteiger partial charge in [0.1, 0.15) is 0 Å². The molecule has 2 heterocycles. The number of hydrogen-bond acceptors (Lipinski definition) is 6. The third-order valence-corrected chi connectivity index (χ3v) is 5.61. The van der Waals surface area contributed by atoms with Crippen LogP contribution in [-0.4, -0.2) is 38.5 Å². The summed E-state index contributed by atoms with van der Waals surface area (Å²) in [5.41, 5.74) is 0. The van der Waals surface area contributed by atoms with E-state index in [0.29, 0.717) is 22.7 Å². The van der Waals surface area contributed by atoms with Crippen LogP contribution in [0.2, 0.25) is 0 Å². The summed E-state index contributed by atoms with van der Waals surface area (Å²) in [6.07, 6.45) is 5.96. The Bertz CT molecular complexity index is 759. The molecule has 1 fully saturated rings. The molecule has 0 bridgehead atoms. The molecule has 0 aromatic carbocycles. The first-order valence-corrected chi connectivity index (χ1v) is 9.69. The fraction of sp³-hybridized carbons (Fsp3) is 0.529. The Morgan fingerprint density at radius 2 is 2.15 bits per heavy atom. The lowest BCUT2D eigenvalue weighted by atomic mass is 9.86. The summed E-state index contributed by atoms with van der Waals surface area (Å²) in [6, 6.07) is 3.28. The molecule has 26 heavy (non-hydrogen) atoms. The third-order valence-electron chi connectivity index (χ3n) is 4.59. The number of hydrogen-bond donors (Lipinski definition) is 2. The Labute approximate surface area is 156 Å². The average molecular weight is 377 g/mol. The standard InChI is InChI=1S/C17H23N5O3S/c1-11-6-3-4-7-12(11)18-16(24)19-14(23)10-26-17-21-20-15(22(17)2)13-8-5-9-25-13/h5,8-9,11-12H,3-4,6-7,10H2,1-2H3,(H2,18,19,23,24)/t11-,12-/m1/s1. The second-order valence-corrected chi connectivity index (χ2v) is 7.46. The van der Waals surface area contributed by atoms with E-state index in [0.717, 1.165) is 19.3 Å². The van der Waals surface area contributed by atoms with Crippen LogP contribution in [0, 0.1) is 5.92 Å². The van der Waals surface area contributed by atoms with E-state index >= 15 is 0 Å². The molecule has 2 atom stereocenters. The van der Waals surface area contributed by atoms with Gasteiger partial charge in [-0.3, -0.25) is 10.1 Å². The SMILES string of the molecule is C[C@@H]1CCCC[C@H]1NC(=O)NC(=O)CSc1nnc(-c2ccco2)n1C. The summed E-state index contributed by atoms with van der Waals surface area (Å²) in [6.45, 7) is 2.13. The van der Waals surface area contributed by atoms with E-state index in [1.54, 1.807) is 30.0 Å². The molecule has 0 saturated heterocycles. The number of urea groups is 1. The van der Waals surface area contributed by atoms with Crippen LogP contribution in [0.1, 0.15) is 32.6 Å². The summed E-state index contributed by atoms with van der Waals surface area (Å²) in [5, 5.41) is 14.0. The maximum Gasteiger partial charge on any atom is 0.321 e. The summed E-state index contributed by atoms with van der Waals surface area (Å²) in [4.78, 5) is 24.0. The van der Waals surface area contributed by atoms with Gasteiger partial charge in [-0.05, 0) is 30.9 Å². The largest absolute Gasteiger partial charge is 0.461 e. The minimum absolute atomic E-state index is 0.0811. The minimum Gasteiger partial charge on any atom is -0.461 e. The molecule has 2 aromatic rings. The molecule has 3 rings (SSSR count). The number of nitrogens with zero attached hydrogens (tertiary/aromatic N) is 3. The number of imide groups is 1. The van der Waals surface area contributed by atoms with Crippen molar-refractivity contribution in [1.82, 2.24) is 25.4 Å². The van der Waals surface area contributed by atoms with E-state index in [4.69, 9.17) is 4.42 Å². The summed E-state index contributed by atoms with van der Waals surface area (Å²) >= 11 is 1.22. The molecule has 0 unspecified atom stereocenters. The zero-order valence-corrected chi connectivity index (χ0v) is 15.7. The van der Waals surface area contributed by atoms with Crippen molar-refractivity contribution in [2.45, 2.75) is 43.8 Å². The Kier molecular flexibility index (Phi) is 5.97. The second kappa shape index (κ2) is 8.39. The van der Waals surface area contributed by atoms with Crippen molar-refractivity contribution in [3.8, 4) is 11.6 Å². The zero-order valence-electron chi connectivity index (χ0n) is 14.9. The quantitative estimate of drug-likeness (QED) is 0.777. The summed E-state index contributed by atoms with van der Waals surface area (Å²) in [5.74, 6) is 1.35. The number of carbonyl (C=O) groups is 2. The van der Waals surface area contributed by atoms with E-state index < -0.39 is 6.03 Å². The molecule has 1 aliphatic carbocycles. The van der Waals surface area contributed by atoms with Crippen molar-refractivity contribution in [1.29, 1.82) is 0 Å². The molecule has 9 heteroatoms. The van der Waals surface area contributed by atoms with Crippen LogP contribution < -0.4 is 10.6 Å². The number of aromatic nitrogens is 3. The first-order valence-electron chi connectivity index (χ1n) is 8.71. The van der Waals surface area contributed by atoms with Crippen LogP contribution in [0.3, 0.4) is 0 Å². The van der Waals surface area contributed by atoms with Crippen molar-refractivity contribution in [3.05, 3.63) is 18.4 Å². The maximum absolute atomic E-state index is 12.0. The van der Waals surface area contributed by atoms with Gasteiger partial charge in [-0.2, -0.15) is 0 Å². The molecule has 8 nitrogen and oxygen atoms in total. The number of nitrogens with one attached hydrogen (secondary N) is 2. The highest BCUT2D eigenvalue weighted by molar-refractivity contribution is 7.99. The van der Waals surface area contributed by atoms with Gasteiger partial charge in [0.05, 0.1) is 12.0 Å². The second-order valence-electron chi connectivity index (χ2n) is 6.52. The van der Waals surface area contributed by atoms with Crippen LogP contribution in [0.5, 0.6) is 0 Å². The highest BCUT2D eigenvalue weighted by atomic mass is 32.2. The Morgan fingerprint density at radius 3 is 2.88 bits per heavy atom. The molecule has 0 spiro atoms. The van der Waals surface area contributed by atoms with Crippen molar-refractivity contribution in [3.63, 3.8) is 0 Å². The topological polar surface area (TPSA) is 102 Å². The van der Waals surface area contributed by atoms with Gasteiger partial charge < -0.3 is 14.3 Å². The van der Waals surface area contributed by atoms with Gasteiger partial charge in [0.25, 0.3) is 0 Å². The fourth-order valence-electron chi connectivity index (χ4n) is 3.09. The first-order chi connectivity index (χ1) is 12.5. The van der Waals surface area contributed by atoms with Crippen LogP contribution >= 0.6 is 11.8 Å². The van der Waals surface area contributed by atoms with E-state index in [-0.39, 0.29) is 17.7 Å². The smallest absolute Gasteiger partial charge is 0.321 e. The normalized spacial score (nSPS) is 19.9. The van der Waals surface area contributed by atoms with E-state index in [9.17, 15) is 9.59 Å². The van der Waals surface area contributed by atoms with Crippen LogP contribution in [0.25, 0.3) is 11.6 Å². The van der Waals surface area contributed by atoms with Gasteiger partial charge in [-0.1, -0.05) is 31.5 Å². The fourth-order valence-corrected chi connectivity index (χ4v) is 3.80. The van der Waals surface area contributed by atoms with E-state index in [1.807, 2.05) is 0 Å². The van der Waals surface area contributed by atoms with Crippen LogP contribution in [0.15, 0.2) is 28.0 Å². The third kappa shape index (κ3) is 4.46. The Balaban J connectivity index is 1.47. The lowest BCUT2D eigenvalue weighted by Crippen LogP contribution is -2.48. The molecular formula is C17H23N5O3S. The summed E-state index contributed by atoms with van der Waals surface area (Å²) < 4.78 is 7.06. The predicted molar refractivity (Wildman–Crippen MR) is 97.5 cm³/mol. The summed E-state index contributed by atoms with van der Waals surface area (Å²) in [7, 11) is 1.80. The molecule has 1 saturated carbocycles. The van der Waals surface area contributed by atoms with E-state index in [1.165, 1.54) is 18.2 Å². The van der Waals surface area contributed by atoms with Gasteiger partial charge in [0, 0.05) is 13.1 Å². The highest BCUT2D eigenvalue weighted by Gasteiger charge is 2.23. The predicted octanol–water partition coefficient (Wildman–Crippen LogP) is 2.57. The monoisotopic (exact) mass is 377 g/mol. The van der Waals surface area contributed by atoms with Crippen molar-refractivity contribution < 1.29 is 14.0 Å². The number of rotatable bonds is 5. The number of furan rings is 1. The molecular weight excluding hydrogens is 354 g/mol. The Hall–Kier alpha value is -2.29. The molecule has 0 aliphatic heterocycles. The molecule has 2 N–H and O–H groups in total. The minimum atomic E-state index is -0.427. The zero-order chi connectivity index (χ0) is 18.5. The van der Waals surface area contributed by atoms with Crippen LogP contribution in [0.4, 0.5) is 4.79 Å². The average Bonchev–Trinajstić information content (AvgIpc) is 3.25. The number of thioether (sulfide) groups is 1. The Morgan fingerprint density at radius 1 is 1.35 bits per heavy atom. The molecule has 3 amide bonds. The van der Waals surface area contributed by atoms with Gasteiger partial charge in [-0.25, -0.2) is 4.79 Å². The highest BCUT2D eigenvalue weighted by Crippen LogP contribution is 2.24. The van der Waals surface area contributed by atoms with Crippen molar-refractivity contribution >= 4 is 23.7 Å². The number of carbonyl (C=O) groups excluding carboxylic acids is 2. The van der Waals surface area contributed by atoms with Gasteiger partial charge in [0.15, 0.2) is 16.7 Å².